The summed E-state index contributed by atoms with van der Waals surface area (Å²) in [6.07, 6.45) is 1.66. The minimum atomic E-state index is -1.19. The average molecular weight is 494 g/mol. The SMILES string of the molecule is CCCC(C)(NC(=O)OCC1c2ccccc2-c2ccccc21)C(=O)NCc1ncc(C(=O)O)s1. The molecule has 35 heavy (non-hydrogen) atoms. The Morgan fingerprint density at radius 1 is 1.09 bits per heavy atom. The lowest BCUT2D eigenvalue weighted by molar-refractivity contribution is -0.127. The Kier molecular flexibility index (Phi) is 7.16. The first-order valence-electron chi connectivity index (χ1n) is 11.4. The summed E-state index contributed by atoms with van der Waals surface area (Å²) in [5, 5.41) is 15.0. The third-order valence-corrected chi connectivity index (χ3v) is 7.12. The molecule has 0 bridgehead atoms. The predicted molar refractivity (Wildman–Crippen MR) is 132 cm³/mol. The molecule has 1 unspecified atom stereocenters. The zero-order valence-electron chi connectivity index (χ0n) is 19.5. The van der Waals surface area contributed by atoms with Gasteiger partial charge >= 0.3 is 12.1 Å². The van der Waals surface area contributed by atoms with E-state index >= 15 is 0 Å². The maximum atomic E-state index is 13.0. The Bertz CT molecular complexity index is 1210. The number of carboxylic acids is 1. The van der Waals surface area contributed by atoms with Crippen molar-refractivity contribution in [2.75, 3.05) is 6.61 Å². The van der Waals surface area contributed by atoms with E-state index in [1.165, 1.54) is 6.20 Å². The molecule has 0 radical (unpaired) electrons. The van der Waals surface area contributed by atoms with Crippen LogP contribution < -0.4 is 10.6 Å². The van der Waals surface area contributed by atoms with Gasteiger partial charge in [0.1, 0.15) is 22.0 Å². The number of ether oxygens (including phenoxy) is 1. The molecule has 2 amide bonds. The van der Waals surface area contributed by atoms with Gasteiger partial charge in [-0.15, -0.1) is 11.3 Å². The van der Waals surface area contributed by atoms with Crippen molar-refractivity contribution in [3.63, 3.8) is 0 Å². The molecule has 0 spiro atoms. The van der Waals surface area contributed by atoms with Crippen molar-refractivity contribution in [2.45, 2.75) is 44.7 Å². The molecule has 3 N–H and O–H groups in total. The summed E-state index contributed by atoms with van der Waals surface area (Å²) in [5.41, 5.74) is 3.31. The maximum absolute atomic E-state index is 13.0. The van der Waals surface area contributed by atoms with E-state index in [0.717, 1.165) is 33.6 Å². The van der Waals surface area contributed by atoms with E-state index in [9.17, 15) is 14.4 Å². The van der Waals surface area contributed by atoms with E-state index in [1.54, 1.807) is 6.92 Å². The van der Waals surface area contributed by atoms with Crippen molar-refractivity contribution in [1.29, 1.82) is 0 Å². The highest BCUT2D eigenvalue weighted by atomic mass is 32.1. The standard InChI is InChI=1S/C26H27N3O5S/c1-3-12-26(2,24(32)28-14-22-27-13-21(35-22)23(30)31)29-25(33)34-15-20-18-10-6-4-8-16(18)17-9-5-7-11-19(17)20/h4-11,13,20H,3,12,14-15H2,1-2H3,(H,28,32)(H,29,33)(H,30,31). The summed E-state index contributed by atoms with van der Waals surface area (Å²) in [4.78, 5) is 40.9. The van der Waals surface area contributed by atoms with E-state index in [4.69, 9.17) is 9.84 Å². The van der Waals surface area contributed by atoms with Crippen molar-refractivity contribution in [3.8, 4) is 11.1 Å². The molecule has 1 heterocycles. The van der Waals surface area contributed by atoms with Gasteiger partial charge in [0.25, 0.3) is 0 Å². The van der Waals surface area contributed by atoms with Crippen LogP contribution in [0, 0.1) is 0 Å². The number of thiazole rings is 1. The fourth-order valence-electron chi connectivity index (χ4n) is 4.43. The minimum absolute atomic E-state index is 0.0719. The van der Waals surface area contributed by atoms with Gasteiger partial charge in [-0.05, 0) is 35.6 Å². The second-order valence-corrected chi connectivity index (χ2v) is 9.75. The summed E-state index contributed by atoms with van der Waals surface area (Å²) in [7, 11) is 0. The second kappa shape index (κ2) is 10.3. The molecule has 1 atom stereocenters. The normalized spacial score (nSPS) is 13.9. The molecule has 1 aliphatic carbocycles. The van der Waals surface area contributed by atoms with Crippen molar-refractivity contribution in [2.24, 2.45) is 0 Å². The Hall–Kier alpha value is -3.72. The van der Waals surface area contributed by atoms with Crippen LogP contribution in [0.5, 0.6) is 0 Å². The van der Waals surface area contributed by atoms with Gasteiger partial charge in [0.05, 0.1) is 12.7 Å². The molecular weight excluding hydrogens is 466 g/mol. The molecular formula is C26H27N3O5S. The van der Waals surface area contributed by atoms with E-state index in [-0.39, 0.29) is 29.9 Å². The van der Waals surface area contributed by atoms with Crippen LogP contribution in [-0.2, 0) is 16.1 Å². The number of aromatic nitrogens is 1. The smallest absolute Gasteiger partial charge is 0.408 e. The molecule has 8 nitrogen and oxygen atoms in total. The Labute approximate surface area is 207 Å². The van der Waals surface area contributed by atoms with Gasteiger partial charge < -0.3 is 20.5 Å². The average Bonchev–Trinajstić information content (AvgIpc) is 3.44. The van der Waals surface area contributed by atoms with Gasteiger partial charge in [-0.3, -0.25) is 4.79 Å². The lowest BCUT2D eigenvalue weighted by Gasteiger charge is -2.29. The number of nitrogens with zero attached hydrogens (tertiary/aromatic N) is 1. The Morgan fingerprint density at radius 3 is 2.29 bits per heavy atom. The maximum Gasteiger partial charge on any atom is 0.408 e. The van der Waals surface area contributed by atoms with Crippen LogP contribution in [0.2, 0.25) is 0 Å². The molecule has 1 aromatic heterocycles. The lowest BCUT2D eigenvalue weighted by atomic mass is 9.95. The highest BCUT2D eigenvalue weighted by Gasteiger charge is 2.35. The third kappa shape index (κ3) is 5.19. The zero-order valence-corrected chi connectivity index (χ0v) is 20.4. The number of hydrogen-bond acceptors (Lipinski definition) is 6. The van der Waals surface area contributed by atoms with Crippen molar-refractivity contribution in [3.05, 3.63) is 75.7 Å². The fourth-order valence-corrected chi connectivity index (χ4v) is 5.13. The summed E-state index contributed by atoms with van der Waals surface area (Å²) in [5.74, 6) is -1.53. The van der Waals surface area contributed by atoms with Crippen LogP contribution in [0.1, 0.15) is 58.4 Å². The van der Waals surface area contributed by atoms with Gasteiger partial charge in [0.15, 0.2) is 0 Å². The van der Waals surface area contributed by atoms with Crippen LogP contribution in [0.25, 0.3) is 11.1 Å². The Morgan fingerprint density at radius 2 is 1.71 bits per heavy atom. The number of benzene rings is 2. The summed E-state index contributed by atoms with van der Waals surface area (Å²) in [6, 6.07) is 16.2. The topological polar surface area (TPSA) is 118 Å². The molecule has 0 saturated carbocycles. The monoisotopic (exact) mass is 493 g/mol. The van der Waals surface area contributed by atoms with Gasteiger partial charge in [-0.25, -0.2) is 14.6 Å². The highest BCUT2D eigenvalue weighted by Crippen LogP contribution is 2.44. The molecule has 182 valence electrons. The van der Waals surface area contributed by atoms with Crippen LogP contribution in [0.15, 0.2) is 54.7 Å². The van der Waals surface area contributed by atoms with Crippen LogP contribution >= 0.6 is 11.3 Å². The zero-order chi connectivity index (χ0) is 25.0. The van der Waals surface area contributed by atoms with Gasteiger partial charge in [-0.2, -0.15) is 0 Å². The number of carboxylic acid groups (broad SMARTS) is 1. The molecule has 9 heteroatoms. The molecule has 0 saturated heterocycles. The van der Waals surface area contributed by atoms with Crippen molar-refractivity contribution >= 4 is 29.3 Å². The number of hydrogen-bond donors (Lipinski definition) is 3. The van der Waals surface area contributed by atoms with Gasteiger partial charge in [0, 0.05) is 5.92 Å². The van der Waals surface area contributed by atoms with Gasteiger partial charge in [0.2, 0.25) is 5.91 Å². The van der Waals surface area contributed by atoms with E-state index in [1.807, 2.05) is 43.3 Å². The first-order chi connectivity index (χ1) is 16.8. The highest BCUT2D eigenvalue weighted by molar-refractivity contribution is 7.13. The Balaban J connectivity index is 1.39. The predicted octanol–water partition coefficient (Wildman–Crippen LogP) is 4.56. The van der Waals surface area contributed by atoms with Crippen molar-refractivity contribution in [1.82, 2.24) is 15.6 Å². The quantitative estimate of drug-likeness (QED) is 0.402. The summed E-state index contributed by atoms with van der Waals surface area (Å²) in [6.45, 7) is 3.80. The first kappa shape index (κ1) is 24.4. The number of amides is 2. The number of nitrogens with one attached hydrogen (secondary N) is 2. The minimum Gasteiger partial charge on any atom is -0.477 e. The first-order valence-corrected chi connectivity index (χ1v) is 12.2. The number of alkyl carbamates (subject to hydrolysis) is 1. The number of carbonyl (C=O) groups is 3. The van der Waals surface area contributed by atoms with Gasteiger partial charge in [-0.1, -0.05) is 61.9 Å². The largest absolute Gasteiger partial charge is 0.477 e. The fraction of sp³-hybridized carbons (Fsp3) is 0.308. The molecule has 3 aromatic rings. The lowest BCUT2D eigenvalue weighted by Crippen LogP contribution is -2.56. The summed E-state index contributed by atoms with van der Waals surface area (Å²) < 4.78 is 5.62. The molecule has 4 rings (SSSR count). The number of fused-ring (bicyclic) bond motifs is 3. The van der Waals surface area contributed by atoms with E-state index < -0.39 is 17.6 Å². The van der Waals surface area contributed by atoms with Crippen molar-refractivity contribution < 1.29 is 24.2 Å². The van der Waals surface area contributed by atoms with E-state index in [0.29, 0.717) is 17.8 Å². The number of rotatable bonds is 9. The second-order valence-electron chi connectivity index (χ2n) is 8.64. The number of carbonyl (C=O) groups excluding carboxylic acids is 2. The van der Waals surface area contributed by atoms with E-state index in [2.05, 4.69) is 27.8 Å². The van der Waals surface area contributed by atoms with Crippen LogP contribution in [0.4, 0.5) is 4.79 Å². The third-order valence-electron chi connectivity index (χ3n) is 6.14. The van der Waals surface area contributed by atoms with Crippen LogP contribution in [0.3, 0.4) is 0 Å². The molecule has 1 aliphatic rings. The number of aromatic carboxylic acids is 1. The van der Waals surface area contributed by atoms with Crippen LogP contribution in [-0.4, -0.2) is 40.2 Å². The molecule has 0 fully saturated rings. The molecule has 0 aliphatic heterocycles. The summed E-state index contributed by atoms with van der Waals surface area (Å²) >= 11 is 0.995. The molecule has 2 aromatic carbocycles.